The lowest BCUT2D eigenvalue weighted by Crippen LogP contribution is -2.48. The van der Waals surface area contributed by atoms with E-state index in [4.69, 9.17) is 0 Å². The summed E-state index contributed by atoms with van der Waals surface area (Å²) >= 11 is 0. The maximum atomic E-state index is 12.4. The van der Waals surface area contributed by atoms with Crippen LogP contribution in [0.4, 0.5) is 0 Å². The van der Waals surface area contributed by atoms with E-state index in [0.29, 0.717) is 18.2 Å². The van der Waals surface area contributed by atoms with Gasteiger partial charge >= 0.3 is 0 Å². The fourth-order valence-electron chi connectivity index (χ4n) is 3.09. The van der Waals surface area contributed by atoms with E-state index in [1.165, 1.54) is 31.9 Å². The van der Waals surface area contributed by atoms with E-state index in [1.807, 2.05) is 0 Å². The molecule has 0 unspecified atom stereocenters. The Hall–Kier alpha value is -1.24. The van der Waals surface area contributed by atoms with Crippen molar-refractivity contribution in [1.82, 2.24) is 9.62 Å². The molecule has 5 nitrogen and oxygen atoms in total. The van der Waals surface area contributed by atoms with Crippen molar-refractivity contribution in [3.05, 3.63) is 29.8 Å². The zero-order valence-corrected chi connectivity index (χ0v) is 14.9. The van der Waals surface area contributed by atoms with Crippen molar-refractivity contribution >= 4 is 15.8 Å². The molecule has 2 rings (SSSR count). The van der Waals surface area contributed by atoms with E-state index in [-0.39, 0.29) is 16.7 Å². The van der Waals surface area contributed by atoms with Crippen molar-refractivity contribution in [2.75, 3.05) is 13.1 Å². The summed E-state index contributed by atoms with van der Waals surface area (Å²) in [5.41, 5.74) is 0.408. The minimum absolute atomic E-state index is 0.141. The molecule has 1 aromatic carbocycles. The highest BCUT2D eigenvalue weighted by molar-refractivity contribution is 7.89. The van der Waals surface area contributed by atoms with Crippen LogP contribution < -0.4 is 4.72 Å². The number of ketones is 1. The smallest absolute Gasteiger partial charge is 0.240 e. The van der Waals surface area contributed by atoms with Crippen LogP contribution in [-0.2, 0) is 10.0 Å². The summed E-state index contributed by atoms with van der Waals surface area (Å²) in [5, 5.41) is 0. The Morgan fingerprint density at radius 2 is 2.13 bits per heavy atom. The molecule has 128 valence electrons. The predicted molar refractivity (Wildman–Crippen MR) is 91.1 cm³/mol. The number of benzene rings is 1. The van der Waals surface area contributed by atoms with Crippen LogP contribution in [0, 0.1) is 0 Å². The third kappa shape index (κ3) is 4.62. The van der Waals surface area contributed by atoms with Crippen LogP contribution in [-0.4, -0.2) is 44.3 Å². The lowest BCUT2D eigenvalue weighted by atomic mass is 10.0. The maximum Gasteiger partial charge on any atom is 0.240 e. The molecule has 1 fully saturated rings. The molecule has 1 N–H and O–H groups in total. The average Bonchev–Trinajstić information content (AvgIpc) is 2.53. The van der Waals surface area contributed by atoms with Crippen molar-refractivity contribution in [3.63, 3.8) is 0 Å². The molecule has 1 aliphatic heterocycles. The molecule has 1 aliphatic rings. The molecule has 0 amide bonds. The first kappa shape index (κ1) is 18.1. The van der Waals surface area contributed by atoms with E-state index in [2.05, 4.69) is 23.5 Å². The molecule has 0 radical (unpaired) electrons. The number of piperidine rings is 1. The van der Waals surface area contributed by atoms with E-state index >= 15 is 0 Å². The SMILES string of the molecule is CC(=O)c1cccc(S(=O)(=O)NC[C@H](C)N2CCCC[C@H]2C)c1. The van der Waals surface area contributed by atoms with Gasteiger partial charge in [0, 0.05) is 24.2 Å². The minimum Gasteiger partial charge on any atom is -0.297 e. The first-order valence-electron chi connectivity index (χ1n) is 8.17. The lowest BCUT2D eigenvalue weighted by molar-refractivity contribution is 0.101. The highest BCUT2D eigenvalue weighted by atomic mass is 32.2. The zero-order valence-electron chi connectivity index (χ0n) is 14.1. The topological polar surface area (TPSA) is 66.5 Å². The molecule has 0 bridgehead atoms. The van der Waals surface area contributed by atoms with E-state index < -0.39 is 10.0 Å². The molecule has 0 aromatic heterocycles. The summed E-state index contributed by atoms with van der Waals surface area (Å²) in [5.74, 6) is -0.141. The minimum atomic E-state index is -3.60. The van der Waals surface area contributed by atoms with Gasteiger partial charge in [0.15, 0.2) is 5.78 Å². The van der Waals surface area contributed by atoms with Gasteiger partial charge in [0.1, 0.15) is 0 Å². The summed E-state index contributed by atoms with van der Waals surface area (Å²) in [7, 11) is -3.60. The van der Waals surface area contributed by atoms with E-state index in [1.54, 1.807) is 12.1 Å². The van der Waals surface area contributed by atoms with Crippen molar-refractivity contribution in [1.29, 1.82) is 0 Å². The van der Waals surface area contributed by atoms with Gasteiger partial charge in [-0.1, -0.05) is 18.6 Å². The van der Waals surface area contributed by atoms with Crippen LogP contribution in [0.2, 0.25) is 0 Å². The molecule has 0 aliphatic carbocycles. The molecule has 6 heteroatoms. The van der Waals surface area contributed by atoms with Gasteiger partial charge in [0.05, 0.1) is 4.90 Å². The molecule has 1 saturated heterocycles. The summed E-state index contributed by atoms with van der Waals surface area (Å²) in [6.45, 7) is 7.07. The Balaban J connectivity index is 2.03. The number of hydrogen-bond donors (Lipinski definition) is 1. The Morgan fingerprint density at radius 1 is 1.39 bits per heavy atom. The molecule has 2 atom stereocenters. The number of sulfonamides is 1. The number of carbonyl (C=O) groups excluding carboxylic acids is 1. The van der Waals surface area contributed by atoms with Crippen molar-refractivity contribution in [2.24, 2.45) is 0 Å². The fraction of sp³-hybridized carbons (Fsp3) is 0.588. The third-order valence-electron chi connectivity index (χ3n) is 4.54. The van der Waals surface area contributed by atoms with Crippen molar-refractivity contribution in [3.8, 4) is 0 Å². The van der Waals surface area contributed by atoms with Crippen molar-refractivity contribution < 1.29 is 13.2 Å². The van der Waals surface area contributed by atoms with Gasteiger partial charge in [-0.05, 0) is 52.3 Å². The second-order valence-electron chi connectivity index (χ2n) is 6.37. The van der Waals surface area contributed by atoms with Gasteiger partial charge in [-0.3, -0.25) is 9.69 Å². The summed E-state index contributed by atoms with van der Waals surface area (Å²) in [4.78, 5) is 13.9. The predicted octanol–water partition coefficient (Wildman–Crippen LogP) is 2.43. The maximum absolute atomic E-state index is 12.4. The van der Waals surface area contributed by atoms with Gasteiger partial charge in [-0.25, -0.2) is 13.1 Å². The molecule has 0 saturated carbocycles. The lowest BCUT2D eigenvalue weighted by Gasteiger charge is -2.38. The van der Waals surface area contributed by atoms with Gasteiger partial charge in [0.25, 0.3) is 0 Å². The molecular weight excluding hydrogens is 312 g/mol. The monoisotopic (exact) mass is 338 g/mol. The molecule has 23 heavy (non-hydrogen) atoms. The second kappa shape index (κ2) is 7.55. The van der Waals surface area contributed by atoms with Gasteiger partial charge < -0.3 is 0 Å². The third-order valence-corrected chi connectivity index (χ3v) is 5.96. The zero-order chi connectivity index (χ0) is 17.0. The summed E-state index contributed by atoms with van der Waals surface area (Å²) in [6, 6.07) is 6.81. The Morgan fingerprint density at radius 3 is 2.78 bits per heavy atom. The first-order valence-corrected chi connectivity index (χ1v) is 9.66. The second-order valence-corrected chi connectivity index (χ2v) is 8.13. The summed E-state index contributed by atoms with van der Waals surface area (Å²) in [6.07, 6.45) is 3.58. The fourth-order valence-corrected chi connectivity index (χ4v) is 4.26. The molecule has 1 aromatic rings. The quantitative estimate of drug-likeness (QED) is 0.809. The Labute approximate surface area is 139 Å². The van der Waals surface area contributed by atoms with Crippen LogP contribution >= 0.6 is 0 Å². The number of rotatable bonds is 6. The van der Waals surface area contributed by atoms with Gasteiger partial charge in [-0.2, -0.15) is 0 Å². The number of Topliss-reactive ketones (excluding diaryl/α,β-unsaturated/α-hetero) is 1. The molecular formula is C17H26N2O3S. The van der Waals surface area contributed by atoms with Crippen LogP contribution in [0.15, 0.2) is 29.2 Å². The van der Waals surface area contributed by atoms with E-state index in [0.717, 1.165) is 13.0 Å². The first-order chi connectivity index (χ1) is 10.8. The van der Waals surface area contributed by atoms with E-state index in [9.17, 15) is 13.2 Å². The highest BCUT2D eigenvalue weighted by Crippen LogP contribution is 2.19. The normalized spacial score (nSPS) is 21.1. The Kier molecular flexibility index (Phi) is 5.95. The number of nitrogens with one attached hydrogen (secondary N) is 1. The van der Waals surface area contributed by atoms with Crippen LogP contribution in [0.5, 0.6) is 0 Å². The largest absolute Gasteiger partial charge is 0.297 e. The average molecular weight is 338 g/mol. The molecule has 1 heterocycles. The van der Waals surface area contributed by atoms with Crippen LogP contribution in [0.25, 0.3) is 0 Å². The number of carbonyl (C=O) groups is 1. The number of likely N-dealkylation sites (tertiary alicyclic amines) is 1. The standard InChI is InChI=1S/C17H26N2O3S/c1-13-7-4-5-10-19(13)14(2)12-18-23(21,22)17-9-6-8-16(11-17)15(3)20/h6,8-9,11,13-14,18H,4-5,7,10,12H2,1-3H3/t13-,14+/m1/s1. The van der Waals surface area contributed by atoms with Gasteiger partial charge in [0.2, 0.25) is 10.0 Å². The number of hydrogen-bond acceptors (Lipinski definition) is 4. The van der Waals surface area contributed by atoms with Crippen molar-refractivity contribution in [2.45, 2.75) is 57.0 Å². The summed E-state index contributed by atoms with van der Waals surface area (Å²) < 4.78 is 27.5. The molecule has 0 spiro atoms. The van der Waals surface area contributed by atoms with Crippen LogP contribution in [0.1, 0.15) is 50.4 Å². The highest BCUT2D eigenvalue weighted by Gasteiger charge is 2.24. The Bertz CT molecular complexity index is 658. The number of nitrogens with zero attached hydrogens (tertiary/aromatic N) is 1. The van der Waals surface area contributed by atoms with Gasteiger partial charge in [-0.15, -0.1) is 0 Å². The van der Waals surface area contributed by atoms with Crippen LogP contribution in [0.3, 0.4) is 0 Å².